The highest BCUT2D eigenvalue weighted by atomic mass is 16.5. The van der Waals surface area contributed by atoms with Crippen LogP contribution in [0.2, 0.25) is 0 Å². The van der Waals surface area contributed by atoms with Crippen molar-refractivity contribution >= 4 is 5.91 Å². The minimum absolute atomic E-state index is 0.00571. The van der Waals surface area contributed by atoms with Crippen LogP contribution in [0.5, 0.6) is 5.75 Å². The Morgan fingerprint density at radius 3 is 2.63 bits per heavy atom. The van der Waals surface area contributed by atoms with Crippen LogP contribution in [0.25, 0.3) is 11.4 Å². The number of amides is 1. The fourth-order valence-electron chi connectivity index (χ4n) is 2.44. The van der Waals surface area contributed by atoms with E-state index in [4.69, 9.17) is 9.26 Å². The van der Waals surface area contributed by atoms with Crippen LogP contribution in [0.15, 0.2) is 53.3 Å². The van der Waals surface area contributed by atoms with Gasteiger partial charge in [-0.25, -0.2) is 0 Å². The number of ether oxygens (including phenoxy) is 1. The minimum atomic E-state index is 0.00571. The lowest BCUT2D eigenvalue weighted by Gasteiger charge is -2.17. The van der Waals surface area contributed by atoms with Crippen molar-refractivity contribution in [2.45, 2.75) is 19.8 Å². The summed E-state index contributed by atoms with van der Waals surface area (Å²) in [6.45, 7) is 2.98. The molecule has 0 radical (unpaired) electrons. The van der Waals surface area contributed by atoms with Gasteiger partial charge >= 0.3 is 0 Å². The molecule has 0 fully saturated rings. The number of aryl methyl sites for hydroxylation is 2. The molecule has 0 saturated carbocycles. The van der Waals surface area contributed by atoms with Crippen molar-refractivity contribution in [3.63, 3.8) is 0 Å². The van der Waals surface area contributed by atoms with E-state index in [1.807, 2.05) is 43.3 Å². The van der Waals surface area contributed by atoms with Crippen molar-refractivity contribution in [3.8, 4) is 17.1 Å². The normalized spacial score (nSPS) is 10.6. The number of carbonyl (C=O) groups excluding carboxylic acids is 1. The molecule has 1 aromatic carbocycles. The number of hydrogen-bond acceptors (Lipinski definition) is 6. The summed E-state index contributed by atoms with van der Waals surface area (Å²) in [6.07, 6.45) is 4.05. The zero-order valence-corrected chi connectivity index (χ0v) is 15.5. The minimum Gasteiger partial charge on any atom is -0.492 e. The zero-order valence-electron chi connectivity index (χ0n) is 15.5. The lowest BCUT2D eigenvalue weighted by Crippen LogP contribution is -2.31. The summed E-state index contributed by atoms with van der Waals surface area (Å²) in [5.74, 6) is 1.75. The number of benzene rings is 1. The molecule has 0 spiro atoms. The van der Waals surface area contributed by atoms with Crippen LogP contribution in [0.3, 0.4) is 0 Å². The van der Waals surface area contributed by atoms with Gasteiger partial charge in [-0.2, -0.15) is 4.98 Å². The third kappa shape index (κ3) is 5.37. The Morgan fingerprint density at radius 1 is 1.15 bits per heavy atom. The number of aromatic nitrogens is 3. The maximum absolute atomic E-state index is 12.3. The predicted molar refractivity (Wildman–Crippen MR) is 100 cm³/mol. The molecule has 0 unspecified atom stereocenters. The van der Waals surface area contributed by atoms with Crippen molar-refractivity contribution in [1.82, 2.24) is 20.0 Å². The highest BCUT2D eigenvalue weighted by Crippen LogP contribution is 2.15. The largest absolute Gasteiger partial charge is 0.492 e. The van der Waals surface area contributed by atoms with Gasteiger partial charge in [-0.05, 0) is 31.2 Å². The van der Waals surface area contributed by atoms with Crippen molar-refractivity contribution < 1.29 is 14.1 Å². The maximum Gasteiger partial charge on any atom is 0.227 e. The maximum atomic E-state index is 12.3. The first kappa shape index (κ1) is 18.6. The van der Waals surface area contributed by atoms with Gasteiger partial charge in [0.2, 0.25) is 17.6 Å². The Balaban J connectivity index is 1.42. The molecule has 0 aliphatic rings. The third-order valence-electron chi connectivity index (χ3n) is 4.10. The summed E-state index contributed by atoms with van der Waals surface area (Å²) in [7, 11) is 1.76. The number of rotatable bonds is 8. The summed E-state index contributed by atoms with van der Waals surface area (Å²) in [6, 6.07) is 11.5. The predicted octanol–water partition coefficient (Wildman–Crippen LogP) is 2.91. The molecular formula is C20H22N4O3. The lowest BCUT2D eigenvalue weighted by atomic mass is 10.2. The van der Waals surface area contributed by atoms with Crippen LogP contribution in [-0.2, 0) is 11.2 Å². The second kappa shape index (κ2) is 8.93. The van der Waals surface area contributed by atoms with Gasteiger partial charge in [0.05, 0.1) is 6.54 Å². The molecule has 27 heavy (non-hydrogen) atoms. The SMILES string of the molecule is Cc1ccc(OCCN(C)C(=O)CCc2nc(-c3ccncc3)no2)cc1. The number of hydrogen-bond donors (Lipinski definition) is 0. The molecule has 2 heterocycles. The van der Waals surface area contributed by atoms with E-state index in [1.54, 1.807) is 24.3 Å². The van der Waals surface area contributed by atoms with E-state index in [0.717, 1.165) is 11.3 Å². The van der Waals surface area contributed by atoms with E-state index in [-0.39, 0.29) is 5.91 Å². The Morgan fingerprint density at radius 2 is 1.89 bits per heavy atom. The summed E-state index contributed by atoms with van der Waals surface area (Å²) in [4.78, 5) is 22.2. The molecule has 0 atom stereocenters. The fraction of sp³-hybridized carbons (Fsp3) is 0.300. The third-order valence-corrected chi connectivity index (χ3v) is 4.10. The highest BCUT2D eigenvalue weighted by Gasteiger charge is 2.13. The van der Waals surface area contributed by atoms with E-state index in [9.17, 15) is 4.79 Å². The van der Waals surface area contributed by atoms with Crippen LogP contribution in [0, 0.1) is 6.92 Å². The molecule has 0 aliphatic heterocycles. The average Bonchev–Trinajstić information content (AvgIpc) is 3.17. The van der Waals surface area contributed by atoms with Crippen molar-refractivity contribution in [3.05, 3.63) is 60.2 Å². The standard InChI is InChI=1S/C20H22N4O3/c1-15-3-5-17(6-4-15)26-14-13-24(2)19(25)8-7-18-22-20(23-27-18)16-9-11-21-12-10-16/h3-6,9-12H,7-8,13-14H2,1-2H3. The molecule has 140 valence electrons. The molecule has 7 nitrogen and oxygen atoms in total. The van der Waals surface area contributed by atoms with E-state index in [0.29, 0.717) is 37.7 Å². The Kier molecular flexibility index (Phi) is 6.14. The van der Waals surface area contributed by atoms with Crippen LogP contribution in [-0.4, -0.2) is 46.1 Å². The number of likely N-dealkylation sites (N-methyl/N-ethyl adjacent to an activating group) is 1. The van der Waals surface area contributed by atoms with Gasteiger partial charge in [-0.1, -0.05) is 22.9 Å². The van der Waals surface area contributed by atoms with Gasteiger partial charge in [0.15, 0.2) is 0 Å². The summed E-state index contributed by atoms with van der Waals surface area (Å²) in [5.41, 5.74) is 2.01. The van der Waals surface area contributed by atoms with Gasteiger partial charge in [0, 0.05) is 37.8 Å². The molecule has 1 amide bonds. The monoisotopic (exact) mass is 366 g/mol. The van der Waals surface area contributed by atoms with Crippen molar-refractivity contribution in [1.29, 1.82) is 0 Å². The first-order chi connectivity index (χ1) is 13.1. The first-order valence-corrected chi connectivity index (χ1v) is 8.78. The van der Waals surface area contributed by atoms with E-state index < -0.39 is 0 Å². The van der Waals surface area contributed by atoms with Crippen LogP contribution >= 0.6 is 0 Å². The molecule has 0 bridgehead atoms. The molecule has 0 N–H and O–H groups in total. The highest BCUT2D eigenvalue weighted by molar-refractivity contribution is 5.76. The van der Waals surface area contributed by atoms with E-state index >= 15 is 0 Å². The van der Waals surface area contributed by atoms with Crippen LogP contribution in [0.1, 0.15) is 17.9 Å². The fourth-order valence-corrected chi connectivity index (χ4v) is 2.44. The van der Waals surface area contributed by atoms with Crippen molar-refractivity contribution in [2.75, 3.05) is 20.2 Å². The summed E-state index contributed by atoms with van der Waals surface area (Å²) < 4.78 is 10.9. The number of nitrogens with zero attached hydrogens (tertiary/aromatic N) is 4. The van der Waals surface area contributed by atoms with E-state index in [2.05, 4.69) is 15.1 Å². The Hall–Kier alpha value is -3.22. The van der Waals surface area contributed by atoms with E-state index in [1.165, 1.54) is 5.56 Å². The Labute approximate surface area is 158 Å². The number of carbonyl (C=O) groups is 1. The summed E-state index contributed by atoms with van der Waals surface area (Å²) >= 11 is 0. The van der Waals surface area contributed by atoms with Gasteiger partial charge < -0.3 is 14.2 Å². The summed E-state index contributed by atoms with van der Waals surface area (Å²) in [5, 5.41) is 3.94. The second-order valence-corrected chi connectivity index (χ2v) is 6.22. The average molecular weight is 366 g/mol. The molecule has 2 aromatic heterocycles. The molecule has 3 rings (SSSR count). The van der Waals surface area contributed by atoms with Crippen molar-refractivity contribution in [2.24, 2.45) is 0 Å². The molecule has 0 saturated heterocycles. The molecule has 0 aliphatic carbocycles. The van der Waals surface area contributed by atoms with Gasteiger partial charge in [0.1, 0.15) is 12.4 Å². The first-order valence-electron chi connectivity index (χ1n) is 8.78. The van der Waals surface area contributed by atoms with Gasteiger partial charge in [-0.15, -0.1) is 0 Å². The van der Waals surface area contributed by atoms with Gasteiger partial charge in [-0.3, -0.25) is 9.78 Å². The molecule has 7 heteroatoms. The smallest absolute Gasteiger partial charge is 0.227 e. The Bertz CT molecular complexity index is 862. The zero-order chi connectivity index (χ0) is 19.1. The quantitative estimate of drug-likeness (QED) is 0.610. The van der Waals surface area contributed by atoms with Crippen LogP contribution in [0.4, 0.5) is 0 Å². The van der Waals surface area contributed by atoms with Crippen LogP contribution < -0.4 is 4.74 Å². The topological polar surface area (TPSA) is 81.4 Å². The molecule has 3 aromatic rings. The lowest BCUT2D eigenvalue weighted by molar-refractivity contribution is -0.130. The van der Waals surface area contributed by atoms with Gasteiger partial charge in [0.25, 0.3) is 0 Å². The second-order valence-electron chi connectivity index (χ2n) is 6.22. The number of pyridine rings is 1. The molecular weight excluding hydrogens is 344 g/mol.